The van der Waals surface area contributed by atoms with Crippen LogP contribution in [0.25, 0.3) is 11.1 Å². The lowest BCUT2D eigenvalue weighted by Gasteiger charge is -2.25. The number of carbonyl (C=O) groups excluding carboxylic acids is 3. The lowest BCUT2D eigenvalue weighted by atomic mass is 9.95. The Morgan fingerprint density at radius 2 is 1.94 bits per heavy atom. The number of rotatable bonds is 6. The second-order valence-corrected chi connectivity index (χ2v) is 8.29. The van der Waals surface area contributed by atoms with Crippen molar-refractivity contribution < 1.29 is 29.0 Å². The summed E-state index contributed by atoms with van der Waals surface area (Å²) in [5, 5.41) is 14.1. The highest BCUT2D eigenvalue weighted by Gasteiger charge is 2.45. The van der Waals surface area contributed by atoms with E-state index in [2.05, 4.69) is 10.6 Å². The summed E-state index contributed by atoms with van der Waals surface area (Å²) in [7, 11) is 0. The van der Waals surface area contributed by atoms with Crippen molar-refractivity contribution >= 4 is 29.4 Å². The highest BCUT2D eigenvalue weighted by atomic mass is 16.5. The van der Waals surface area contributed by atoms with Crippen LogP contribution in [-0.4, -0.2) is 65.5 Å². The first-order chi connectivity index (χ1) is 15.8. The maximum atomic E-state index is 13.4. The molecule has 33 heavy (non-hydrogen) atoms. The van der Waals surface area contributed by atoms with Gasteiger partial charge in [-0.25, -0.2) is 4.79 Å². The Kier molecular flexibility index (Phi) is 6.15. The Hall–Kier alpha value is -3.72. The number of aliphatic carboxylic acids is 1. The monoisotopic (exact) mass is 451 g/mol. The van der Waals surface area contributed by atoms with Gasteiger partial charge in [-0.2, -0.15) is 0 Å². The largest absolute Gasteiger partial charge is 0.480 e. The lowest BCUT2D eigenvalue weighted by Crippen LogP contribution is -2.52. The number of carboxylic acid groups (broad SMARTS) is 1. The summed E-state index contributed by atoms with van der Waals surface area (Å²) in [5.74, 6) is -2.38. The van der Waals surface area contributed by atoms with Crippen LogP contribution in [0.5, 0.6) is 0 Å². The maximum absolute atomic E-state index is 13.4. The molecule has 172 valence electrons. The van der Waals surface area contributed by atoms with Crippen molar-refractivity contribution in [1.82, 2.24) is 10.2 Å². The minimum absolute atomic E-state index is 0.278. The first kappa shape index (κ1) is 22.5. The lowest BCUT2D eigenvalue weighted by molar-refractivity contribution is -0.143. The molecular weight excluding hydrogens is 426 g/mol. The Morgan fingerprint density at radius 1 is 1.15 bits per heavy atom. The average molecular weight is 451 g/mol. The number of aryl methyl sites for hydroxylation is 1. The molecule has 3 amide bonds. The van der Waals surface area contributed by atoms with Crippen LogP contribution in [0.4, 0.5) is 5.69 Å². The number of nitrogens with zero attached hydrogens (tertiary/aromatic N) is 1. The van der Waals surface area contributed by atoms with Gasteiger partial charge in [-0.15, -0.1) is 0 Å². The molecule has 0 spiro atoms. The van der Waals surface area contributed by atoms with Crippen LogP contribution in [-0.2, 0) is 19.1 Å². The predicted octanol–water partition coefficient (Wildman–Crippen LogP) is 1.72. The van der Waals surface area contributed by atoms with E-state index in [9.17, 15) is 19.2 Å². The molecule has 0 bridgehead atoms. The summed E-state index contributed by atoms with van der Waals surface area (Å²) >= 11 is 0. The molecular formula is C24H25N3O6. The maximum Gasteiger partial charge on any atom is 0.329 e. The van der Waals surface area contributed by atoms with Gasteiger partial charge < -0.3 is 25.4 Å². The third-order valence-electron chi connectivity index (χ3n) is 6.16. The second kappa shape index (κ2) is 9.03. The molecule has 3 N–H and O–H groups in total. The molecule has 2 unspecified atom stereocenters. The number of fused-ring (bicyclic) bond motifs is 2. The summed E-state index contributed by atoms with van der Waals surface area (Å²) in [4.78, 5) is 50.6. The topological polar surface area (TPSA) is 125 Å². The van der Waals surface area contributed by atoms with Crippen molar-refractivity contribution in [2.24, 2.45) is 0 Å². The number of benzene rings is 2. The van der Waals surface area contributed by atoms with Gasteiger partial charge >= 0.3 is 5.97 Å². The Labute approximate surface area is 190 Å². The third kappa shape index (κ3) is 4.45. The van der Waals surface area contributed by atoms with Crippen molar-refractivity contribution in [2.75, 3.05) is 25.1 Å². The highest BCUT2D eigenvalue weighted by molar-refractivity contribution is 6.11. The van der Waals surface area contributed by atoms with E-state index in [0.29, 0.717) is 24.2 Å². The average Bonchev–Trinajstić information content (AvgIpc) is 3.14. The van der Waals surface area contributed by atoms with Gasteiger partial charge in [-0.1, -0.05) is 24.3 Å². The summed E-state index contributed by atoms with van der Waals surface area (Å²) < 4.78 is 4.81. The van der Waals surface area contributed by atoms with Crippen molar-refractivity contribution in [3.05, 3.63) is 53.1 Å². The van der Waals surface area contributed by atoms with Gasteiger partial charge in [0.2, 0.25) is 11.8 Å². The molecule has 0 aromatic heterocycles. The SMILES string of the molecule is Cc1cccc(-c2ccc3c(c2)C(=O)N2CCC(NC(=O)COCC(=O)O)C2C(=O)N3)c1C. The van der Waals surface area contributed by atoms with E-state index in [1.165, 1.54) is 4.90 Å². The van der Waals surface area contributed by atoms with Gasteiger partial charge in [-0.3, -0.25) is 14.4 Å². The molecule has 2 aliphatic rings. The van der Waals surface area contributed by atoms with E-state index in [4.69, 9.17) is 9.84 Å². The molecule has 0 aliphatic carbocycles. The van der Waals surface area contributed by atoms with Crippen LogP contribution in [0.3, 0.4) is 0 Å². The van der Waals surface area contributed by atoms with Crippen LogP contribution in [0.15, 0.2) is 36.4 Å². The van der Waals surface area contributed by atoms with Crippen molar-refractivity contribution in [3.63, 3.8) is 0 Å². The van der Waals surface area contributed by atoms with Crippen LogP contribution in [0.2, 0.25) is 0 Å². The zero-order valence-electron chi connectivity index (χ0n) is 18.4. The van der Waals surface area contributed by atoms with E-state index >= 15 is 0 Å². The molecule has 2 aromatic carbocycles. The van der Waals surface area contributed by atoms with E-state index in [0.717, 1.165) is 22.3 Å². The highest BCUT2D eigenvalue weighted by Crippen LogP contribution is 2.33. The van der Waals surface area contributed by atoms with Gasteiger partial charge in [-0.05, 0) is 54.7 Å². The number of hydrogen-bond donors (Lipinski definition) is 3. The van der Waals surface area contributed by atoms with E-state index in [-0.39, 0.29) is 11.8 Å². The molecule has 2 atom stereocenters. The van der Waals surface area contributed by atoms with E-state index < -0.39 is 37.2 Å². The number of carbonyl (C=O) groups is 4. The van der Waals surface area contributed by atoms with Crippen LogP contribution < -0.4 is 10.6 Å². The first-order valence-electron chi connectivity index (χ1n) is 10.7. The summed E-state index contributed by atoms with van der Waals surface area (Å²) in [6.07, 6.45) is 0.403. The normalized spacial score (nSPS) is 19.4. The molecule has 0 saturated carbocycles. The summed E-state index contributed by atoms with van der Waals surface area (Å²) in [6.45, 7) is 3.34. The predicted molar refractivity (Wildman–Crippen MR) is 120 cm³/mol. The van der Waals surface area contributed by atoms with Gasteiger partial charge in [0, 0.05) is 6.54 Å². The molecule has 1 fully saturated rings. The zero-order valence-corrected chi connectivity index (χ0v) is 18.4. The van der Waals surface area contributed by atoms with Crippen molar-refractivity contribution in [2.45, 2.75) is 32.4 Å². The minimum atomic E-state index is -1.18. The van der Waals surface area contributed by atoms with Crippen LogP contribution in [0.1, 0.15) is 27.9 Å². The zero-order chi connectivity index (χ0) is 23.7. The Morgan fingerprint density at radius 3 is 2.70 bits per heavy atom. The molecule has 9 nitrogen and oxygen atoms in total. The summed E-state index contributed by atoms with van der Waals surface area (Å²) in [6, 6.07) is 9.95. The number of carboxylic acids is 1. The van der Waals surface area contributed by atoms with E-state index in [1.54, 1.807) is 12.1 Å². The second-order valence-electron chi connectivity index (χ2n) is 8.29. The number of ether oxygens (including phenoxy) is 1. The molecule has 0 radical (unpaired) electrons. The number of nitrogens with one attached hydrogen (secondary N) is 2. The van der Waals surface area contributed by atoms with Crippen LogP contribution >= 0.6 is 0 Å². The fraction of sp³-hybridized carbons (Fsp3) is 0.333. The quantitative estimate of drug-likeness (QED) is 0.614. The molecule has 4 rings (SSSR count). The Bertz CT molecular complexity index is 1150. The van der Waals surface area contributed by atoms with Gasteiger partial charge in [0.05, 0.1) is 17.3 Å². The molecule has 1 saturated heterocycles. The van der Waals surface area contributed by atoms with Gasteiger partial charge in [0.25, 0.3) is 5.91 Å². The standard InChI is InChI=1S/C24H25N3O6/c1-13-4-3-5-16(14(13)2)15-6-7-18-17(10-15)24(32)27-9-8-19(22(27)23(31)26-18)25-20(28)11-33-12-21(29)30/h3-7,10,19,22H,8-9,11-12H2,1-2H3,(H,25,28)(H,26,31)(H,29,30). The van der Waals surface area contributed by atoms with E-state index in [1.807, 2.05) is 38.1 Å². The molecule has 2 aliphatic heterocycles. The van der Waals surface area contributed by atoms with Gasteiger partial charge in [0.1, 0.15) is 19.3 Å². The smallest absolute Gasteiger partial charge is 0.329 e. The summed E-state index contributed by atoms with van der Waals surface area (Å²) in [5.41, 5.74) is 5.01. The van der Waals surface area contributed by atoms with Crippen molar-refractivity contribution in [3.8, 4) is 11.1 Å². The van der Waals surface area contributed by atoms with Crippen LogP contribution in [0, 0.1) is 13.8 Å². The fourth-order valence-electron chi connectivity index (χ4n) is 4.40. The first-order valence-corrected chi connectivity index (χ1v) is 10.7. The minimum Gasteiger partial charge on any atom is -0.480 e. The number of hydrogen-bond acceptors (Lipinski definition) is 5. The number of amides is 3. The molecule has 2 aromatic rings. The number of anilines is 1. The fourth-order valence-corrected chi connectivity index (χ4v) is 4.40. The molecule has 9 heteroatoms. The Balaban J connectivity index is 1.56. The van der Waals surface area contributed by atoms with Gasteiger partial charge in [0.15, 0.2) is 0 Å². The van der Waals surface area contributed by atoms with Crippen molar-refractivity contribution in [1.29, 1.82) is 0 Å². The molecule has 2 heterocycles. The third-order valence-corrected chi connectivity index (χ3v) is 6.16.